The van der Waals surface area contributed by atoms with Gasteiger partial charge in [0.1, 0.15) is 5.75 Å². The highest BCUT2D eigenvalue weighted by atomic mass is 35.5. The van der Waals surface area contributed by atoms with Gasteiger partial charge in [0.15, 0.2) is 0 Å². The van der Waals surface area contributed by atoms with Crippen LogP contribution in [-0.4, -0.2) is 17.7 Å². The molecule has 0 spiro atoms. The minimum absolute atomic E-state index is 0.0393. The van der Waals surface area contributed by atoms with Gasteiger partial charge in [-0.15, -0.1) is 0 Å². The van der Waals surface area contributed by atoms with Crippen LogP contribution in [0.1, 0.15) is 5.56 Å². The predicted octanol–water partition coefficient (Wildman–Crippen LogP) is 3.41. The maximum absolute atomic E-state index is 11.7. The zero-order valence-corrected chi connectivity index (χ0v) is 11.5. The highest BCUT2D eigenvalue weighted by Gasteiger charge is 2.04. The number of rotatable bonds is 4. The number of nitrogens with one attached hydrogen (secondary N) is 2. The van der Waals surface area contributed by atoms with Crippen molar-refractivity contribution in [2.75, 3.05) is 11.9 Å². The Bertz CT molecular complexity index is 602. The lowest BCUT2D eigenvalue weighted by atomic mass is 10.1. The van der Waals surface area contributed by atoms with Crippen LogP contribution in [0.5, 0.6) is 5.75 Å². The minimum atomic E-state index is -0.353. The van der Waals surface area contributed by atoms with Crippen LogP contribution >= 0.6 is 11.6 Å². The second kappa shape index (κ2) is 6.82. The van der Waals surface area contributed by atoms with Crippen LogP contribution in [-0.2, 0) is 6.42 Å². The highest BCUT2D eigenvalue weighted by Crippen LogP contribution is 2.21. The largest absolute Gasteiger partial charge is 0.506 e. The van der Waals surface area contributed by atoms with Crippen molar-refractivity contribution < 1.29 is 9.90 Å². The summed E-state index contributed by atoms with van der Waals surface area (Å²) in [7, 11) is 0. The molecule has 0 atom stereocenters. The van der Waals surface area contributed by atoms with Crippen molar-refractivity contribution in [3.63, 3.8) is 0 Å². The summed E-state index contributed by atoms with van der Waals surface area (Å²) < 4.78 is 0. The Hall–Kier alpha value is -2.20. The Kier molecular flexibility index (Phi) is 4.85. The van der Waals surface area contributed by atoms with Crippen molar-refractivity contribution in [2.45, 2.75) is 6.42 Å². The molecule has 0 bridgehead atoms. The van der Waals surface area contributed by atoms with Gasteiger partial charge in [-0.25, -0.2) is 4.79 Å². The van der Waals surface area contributed by atoms with Crippen LogP contribution in [0.3, 0.4) is 0 Å². The first-order valence-corrected chi connectivity index (χ1v) is 6.60. The molecule has 104 valence electrons. The minimum Gasteiger partial charge on any atom is -0.506 e. The third kappa shape index (κ3) is 4.17. The van der Waals surface area contributed by atoms with Gasteiger partial charge < -0.3 is 15.7 Å². The summed E-state index contributed by atoms with van der Waals surface area (Å²) in [6.07, 6.45) is 0.689. The van der Waals surface area contributed by atoms with Gasteiger partial charge in [0, 0.05) is 11.6 Å². The fourth-order valence-corrected chi connectivity index (χ4v) is 1.97. The van der Waals surface area contributed by atoms with Gasteiger partial charge in [-0.3, -0.25) is 0 Å². The summed E-state index contributed by atoms with van der Waals surface area (Å²) >= 11 is 5.88. The first kappa shape index (κ1) is 14.2. The molecule has 0 aromatic heterocycles. The number of hydrogen-bond donors (Lipinski definition) is 3. The number of benzene rings is 2. The number of amides is 2. The van der Waals surface area contributed by atoms with E-state index >= 15 is 0 Å². The number of phenols is 1. The first-order valence-electron chi connectivity index (χ1n) is 6.22. The average Bonchev–Trinajstić information content (AvgIpc) is 2.41. The molecule has 2 amide bonds. The molecule has 0 radical (unpaired) electrons. The molecule has 2 rings (SSSR count). The molecule has 0 aliphatic heterocycles. The number of phenolic OH excluding ortho intramolecular Hbond substituents is 1. The highest BCUT2D eigenvalue weighted by molar-refractivity contribution is 6.30. The molecule has 4 nitrogen and oxygen atoms in total. The molecular formula is C15H15ClN2O2. The van der Waals surface area contributed by atoms with E-state index in [9.17, 15) is 9.90 Å². The fraction of sp³-hybridized carbons (Fsp3) is 0.133. The van der Waals surface area contributed by atoms with Crippen LogP contribution in [0.4, 0.5) is 10.5 Å². The van der Waals surface area contributed by atoms with E-state index in [4.69, 9.17) is 11.6 Å². The molecule has 0 aliphatic carbocycles. The molecule has 3 N–H and O–H groups in total. The number of carbonyl (C=O) groups is 1. The number of anilines is 1. The van der Waals surface area contributed by atoms with Gasteiger partial charge in [0.2, 0.25) is 0 Å². The fourth-order valence-electron chi connectivity index (χ4n) is 1.76. The summed E-state index contributed by atoms with van der Waals surface area (Å²) in [6.45, 7) is 0.486. The van der Waals surface area contributed by atoms with Crippen LogP contribution in [0.2, 0.25) is 5.02 Å². The molecule has 20 heavy (non-hydrogen) atoms. The first-order chi connectivity index (χ1) is 9.65. The zero-order valence-electron chi connectivity index (χ0n) is 10.8. The molecule has 0 saturated carbocycles. The van der Waals surface area contributed by atoms with Crippen LogP contribution in [0, 0.1) is 0 Å². The second-order valence-corrected chi connectivity index (χ2v) is 4.71. The number of para-hydroxylation sites is 2. The topological polar surface area (TPSA) is 61.4 Å². The van der Waals surface area contributed by atoms with Crippen molar-refractivity contribution in [1.29, 1.82) is 0 Å². The maximum atomic E-state index is 11.7. The Labute approximate surface area is 122 Å². The smallest absolute Gasteiger partial charge is 0.319 e. The third-order valence-corrected chi connectivity index (χ3v) is 2.98. The number of hydrogen-bond acceptors (Lipinski definition) is 2. The summed E-state index contributed by atoms with van der Waals surface area (Å²) in [6, 6.07) is 13.7. The average molecular weight is 291 g/mol. The van der Waals surface area contributed by atoms with Crippen molar-refractivity contribution in [3.05, 3.63) is 59.1 Å². The SMILES string of the molecule is O=C(NCCc1cccc(Cl)c1)Nc1ccccc1O. The van der Waals surface area contributed by atoms with Gasteiger partial charge in [0.05, 0.1) is 5.69 Å². The van der Waals surface area contributed by atoms with E-state index in [1.54, 1.807) is 18.2 Å². The standard InChI is InChI=1S/C15H15ClN2O2/c16-12-5-3-4-11(10-12)8-9-17-15(20)18-13-6-1-2-7-14(13)19/h1-7,10,19H,8-9H2,(H2,17,18,20). The number of carbonyl (C=O) groups excluding carboxylic acids is 1. The zero-order chi connectivity index (χ0) is 14.4. The molecule has 2 aromatic rings. The molecule has 5 heteroatoms. The Balaban J connectivity index is 1.80. The lowest BCUT2D eigenvalue weighted by Gasteiger charge is -2.09. The maximum Gasteiger partial charge on any atom is 0.319 e. The normalized spacial score (nSPS) is 10.1. The van der Waals surface area contributed by atoms with Gasteiger partial charge in [0.25, 0.3) is 0 Å². The van der Waals surface area contributed by atoms with Crippen molar-refractivity contribution in [3.8, 4) is 5.75 Å². The van der Waals surface area contributed by atoms with Gasteiger partial charge >= 0.3 is 6.03 Å². The van der Waals surface area contributed by atoms with E-state index in [1.807, 2.05) is 24.3 Å². The van der Waals surface area contributed by atoms with E-state index in [0.29, 0.717) is 23.7 Å². The summed E-state index contributed by atoms with van der Waals surface area (Å²) in [5, 5.41) is 15.5. The van der Waals surface area contributed by atoms with Crippen LogP contribution in [0.25, 0.3) is 0 Å². The Morgan fingerprint density at radius 2 is 1.95 bits per heavy atom. The number of aromatic hydroxyl groups is 1. The molecule has 0 heterocycles. The van der Waals surface area contributed by atoms with Crippen molar-refractivity contribution >= 4 is 23.3 Å². The van der Waals surface area contributed by atoms with E-state index < -0.39 is 0 Å². The van der Waals surface area contributed by atoms with E-state index in [0.717, 1.165) is 5.56 Å². The van der Waals surface area contributed by atoms with E-state index in [1.165, 1.54) is 6.07 Å². The lowest BCUT2D eigenvalue weighted by Crippen LogP contribution is -2.30. The monoisotopic (exact) mass is 290 g/mol. The van der Waals surface area contributed by atoms with E-state index in [-0.39, 0.29) is 11.8 Å². The summed E-state index contributed by atoms with van der Waals surface area (Å²) in [4.78, 5) is 11.7. The van der Waals surface area contributed by atoms with E-state index in [2.05, 4.69) is 10.6 Å². The quantitative estimate of drug-likeness (QED) is 0.756. The summed E-state index contributed by atoms with van der Waals surface area (Å²) in [5.74, 6) is 0.0393. The number of urea groups is 1. The molecular weight excluding hydrogens is 276 g/mol. The van der Waals surface area contributed by atoms with Crippen LogP contribution in [0.15, 0.2) is 48.5 Å². The van der Waals surface area contributed by atoms with Crippen molar-refractivity contribution in [1.82, 2.24) is 5.32 Å². The van der Waals surface area contributed by atoms with Gasteiger partial charge in [-0.05, 0) is 36.2 Å². The Morgan fingerprint density at radius 3 is 2.70 bits per heavy atom. The summed E-state index contributed by atoms with van der Waals surface area (Å²) in [5.41, 5.74) is 1.44. The van der Waals surface area contributed by atoms with Crippen LogP contribution < -0.4 is 10.6 Å². The second-order valence-electron chi connectivity index (χ2n) is 4.28. The van der Waals surface area contributed by atoms with Gasteiger partial charge in [-0.2, -0.15) is 0 Å². The third-order valence-electron chi connectivity index (χ3n) is 2.74. The molecule has 0 saturated heterocycles. The molecule has 0 unspecified atom stereocenters. The predicted molar refractivity (Wildman–Crippen MR) is 80.3 cm³/mol. The van der Waals surface area contributed by atoms with Gasteiger partial charge in [-0.1, -0.05) is 35.9 Å². The molecule has 0 aliphatic rings. The van der Waals surface area contributed by atoms with Crippen molar-refractivity contribution in [2.24, 2.45) is 0 Å². The molecule has 0 fully saturated rings. The Morgan fingerprint density at radius 1 is 1.15 bits per heavy atom. The molecule has 2 aromatic carbocycles. The lowest BCUT2D eigenvalue weighted by molar-refractivity contribution is 0.252. The number of halogens is 1.